The zero-order valence-corrected chi connectivity index (χ0v) is 42.3. The van der Waals surface area contributed by atoms with Crippen molar-refractivity contribution in [3.05, 3.63) is 42.5 Å². The van der Waals surface area contributed by atoms with Gasteiger partial charge in [-0.15, -0.1) is 6.58 Å². The summed E-state index contributed by atoms with van der Waals surface area (Å²) in [6.45, 7) is 13.9. The normalized spacial score (nSPS) is 30.1. The lowest BCUT2D eigenvalue weighted by atomic mass is 9.70. The Morgan fingerprint density at radius 2 is 1.66 bits per heavy atom. The van der Waals surface area contributed by atoms with Crippen LogP contribution in [0.25, 0.3) is 10.9 Å². The van der Waals surface area contributed by atoms with Crippen LogP contribution in [-0.4, -0.2) is 119 Å². The van der Waals surface area contributed by atoms with Gasteiger partial charge in [0, 0.05) is 43.7 Å². The van der Waals surface area contributed by atoms with Gasteiger partial charge >= 0.3 is 12.2 Å². The molecule has 0 unspecified atom stereocenters. The fraction of sp³-hybridized carbons (Fsp3) is 0.692. The molecule has 6 fully saturated rings. The lowest BCUT2D eigenvalue weighted by molar-refractivity contribution is -0.143. The van der Waals surface area contributed by atoms with Crippen LogP contribution in [0.3, 0.4) is 0 Å². The number of para-hydroxylation sites is 1. The Morgan fingerprint density at radius 1 is 0.943 bits per heavy atom. The topological polar surface area (TPSA) is 212 Å². The van der Waals surface area contributed by atoms with Gasteiger partial charge in [-0.05, 0) is 109 Å². The zero-order valence-electron chi connectivity index (χ0n) is 41.5. The van der Waals surface area contributed by atoms with Gasteiger partial charge in [-0.2, -0.15) is 0 Å². The SMILES string of the molecule is C=C[C@@H]1C[C@]1(NC(=O)[C@@H]1C[C@@H]2CN1C(=O)[C@H](C1(C)CCCCC1)NC(=O)O[C@@H]1C[C@H]1CCCCCc1c(nc3ccccc3c1OC1CCN(C(=O)OC(C)(C)C)CC1)O2)C(=O)NS(=O)(=O)C1(C)CC1. The van der Waals surface area contributed by atoms with Gasteiger partial charge in [0.2, 0.25) is 27.7 Å². The summed E-state index contributed by atoms with van der Waals surface area (Å²) in [5.41, 5.74) is -1.45. The first-order chi connectivity index (χ1) is 33.2. The van der Waals surface area contributed by atoms with Crippen LogP contribution in [0.15, 0.2) is 36.9 Å². The second-order valence-electron chi connectivity index (χ2n) is 22.7. The number of piperidine rings is 1. The molecule has 1 aromatic carbocycles. The number of fused-ring (bicyclic) bond motifs is 5. The minimum atomic E-state index is -4.04. The van der Waals surface area contributed by atoms with E-state index < -0.39 is 79.2 Å². The molecule has 4 saturated carbocycles. The molecule has 7 aliphatic rings. The second-order valence-corrected chi connectivity index (χ2v) is 24.9. The summed E-state index contributed by atoms with van der Waals surface area (Å²) in [5.74, 6) is -1.30. The number of carbonyl (C=O) groups is 5. The van der Waals surface area contributed by atoms with Gasteiger partial charge in [-0.1, -0.05) is 57.2 Å². The summed E-state index contributed by atoms with van der Waals surface area (Å²) in [5, 5.41) is 6.73. The summed E-state index contributed by atoms with van der Waals surface area (Å²) < 4.78 is 53.4. The van der Waals surface area contributed by atoms with E-state index in [1.54, 1.807) is 11.8 Å². The van der Waals surface area contributed by atoms with Crippen LogP contribution in [0, 0.1) is 17.3 Å². The van der Waals surface area contributed by atoms with E-state index in [0.29, 0.717) is 75.2 Å². The molecule has 2 aromatic rings. The van der Waals surface area contributed by atoms with E-state index in [9.17, 15) is 27.6 Å². The predicted octanol–water partition coefficient (Wildman–Crippen LogP) is 6.99. The van der Waals surface area contributed by atoms with E-state index in [1.165, 1.54) is 11.0 Å². The van der Waals surface area contributed by atoms with Gasteiger partial charge in [0.15, 0.2) is 0 Å². The first kappa shape index (κ1) is 49.8. The number of likely N-dealkylation sites (tertiary alicyclic amines) is 1. The number of alkyl carbamates (subject to hydrolysis) is 1. The van der Waals surface area contributed by atoms with Crippen LogP contribution in [0.1, 0.15) is 143 Å². The largest absolute Gasteiger partial charge is 0.489 e. The zero-order chi connectivity index (χ0) is 49.8. The minimum absolute atomic E-state index is 0.00922. The maximum absolute atomic E-state index is 15.4. The van der Waals surface area contributed by atoms with E-state index >= 15 is 4.79 Å². The maximum Gasteiger partial charge on any atom is 0.410 e. The Labute approximate surface area is 411 Å². The predicted molar refractivity (Wildman–Crippen MR) is 260 cm³/mol. The van der Waals surface area contributed by atoms with Crippen molar-refractivity contribution in [2.75, 3.05) is 19.6 Å². The third-order valence-corrected chi connectivity index (χ3v) is 18.3. The number of sulfonamides is 1. The van der Waals surface area contributed by atoms with Crippen molar-refractivity contribution in [1.29, 1.82) is 0 Å². The second kappa shape index (κ2) is 19.1. The van der Waals surface area contributed by atoms with Gasteiger partial charge in [0.25, 0.3) is 5.91 Å². The Hall–Kier alpha value is -5.13. The summed E-state index contributed by atoms with van der Waals surface area (Å²) in [4.78, 5) is 79.4. The van der Waals surface area contributed by atoms with E-state index in [-0.39, 0.29) is 43.6 Å². The van der Waals surface area contributed by atoms with E-state index in [0.717, 1.165) is 62.3 Å². The van der Waals surface area contributed by atoms with Gasteiger partial charge in [-0.3, -0.25) is 19.1 Å². The van der Waals surface area contributed by atoms with Crippen LogP contribution < -0.4 is 24.8 Å². The molecule has 0 radical (unpaired) electrons. The number of pyridine rings is 1. The molecule has 70 heavy (non-hydrogen) atoms. The molecule has 3 aliphatic heterocycles. The Morgan fingerprint density at radius 3 is 2.34 bits per heavy atom. The maximum atomic E-state index is 15.4. The quantitative estimate of drug-likeness (QED) is 0.217. The molecule has 1 aromatic heterocycles. The lowest BCUT2D eigenvalue weighted by Crippen LogP contribution is -2.61. The molecule has 18 heteroatoms. The molecular weight excluding hydrogens is 917 g/mol. The highest BCUT2D eigenvalue weighted by molar-refractivity contribution is 7.91. The highest BCUT2D eigenvalue weighted by Crippen LogP contribution is 2.48. The fourth-order valence-electron chi connectivity index (χ4n) is 11.1. The average molecular weight is 989 g/mol. The Bertz CT molecular complexity index is 2490. The van der Waals surface area contributed by atoms with E-state index in [2.05, 4.69) is 21.9 Å². The number of ether oxygens (including phenoxy) is 4. The minimum Gasteiger partial charge on any atom is -0.489 e. The average Bonchev–Trinajstić information content (AvgIpc) is 4.27. The molecule has 7 atom stereocenters. The van der Waals surface area contributed by atoms with Crippen LogP contribution >= 0.6 is 0 Å². The van der Waals surface area contributed by atoms with Crippen molar-refractivity contribution >= 4 is 50.8 Å². The number of nitrogens with one attached hydrogen (secondary N) is 3. The van der Waals surface area contributed by atoms with Crippen LogP contribution in [0.4, 0.5) is 9.59 Å². The fourth-order valence-corrected chi connectivity index (χ4v) is 12.5. The molecule has 2 saturated heterocycles. The van der Waals surface area contributed by atoms with Crippen LogP contribution in [-0.2, 0) is 40.3 Å². The number of hydrogen-bond acceptors (Lipinski definition) is 12. The van der Waals surface area contributed by atoms with Crippen molar-refractivity contribution in [3.8, 4) is 11.6 Å². The molecule has 4 heterocycles. The molecule has 0 spiro atoms. The summed E-state index contributed by atoms with van der Waals surface area (Å²) in [7, 11) is -4.04. The number of amides is 5. The summed E-state index contributed by atoms with van der Waals surface area (Å²) in [6, 6.07) is 5.51. The third kappa shape index (κ3) is 10.4. The number of nitrogens with zero attached hydrogens (tertiary/aromatic N) is 3. The van der Waals surface area contributed by atoms with Crippen LogP contribution in [0.2, 0.25) is 0 Å². The molecular formula is C52H72N6O11S. The molecule has 382 valence electrons. The lowest BCUT2D eigenvalue weighted by Gasteiger charge is -2.42. The van der Waals surface area contributed by atoms with E-state index in [4.69, 9.17) is 23.9 Å². The number of benzene rings is 1. The smallest absolute Gasteiger partial charge is 0.410 e. The first-order valence-electron chi connectivity index (χ1n) is 25.7. The third-order valence-electron chi connectivity index (χ3n) is 16.1. The molecule has 3 N–H and O–H groups in total. The monoisotopic (exact) mass is 988 g/mol. The summed E-state index contributed by atoms with van der Waals surface area (Å²) in [6.07, 6.45) is 10.3. The van der Waals surface area contributed by atoms with Crippen molar-refractivity contribution in [3.63, 3.8) is 0 Å². The molecule has 17 nitrogen and oxygen atoms in total. The van der Waals surface area contributed by atoms with Crippen molar-refractivity contribution < 1.29 is 51.3 Å². The molecule has 9 rings (SSSR count). The van der Waals surface area contributed by atoms with Gasteiger partial charge in [-0.25, -0.2) is 23.0 Å². The first-order valence-corrected chi connectivity index (χ1v) is 27.2. The van der Waals surface area contributed by atoms with Crippen molar-refractivity contribution in [2.24, 2.45) is 17.3 Å². The van der Waals surface area contributed by atoms with Crippen molar-refractivity contribution in [1.82, 2.24) is 30.1 Å². The molecule has 5 amide bonds. The van der Waals surface area contributed by atoms with Gasteiger partial charge < -0.3 is 39.4 Å². The van der Waals surface area contributed by atoms with Gasteiger partial charge in [0.05, 0.1) is 22.4 Å². The number of aromatic nitrogens is 1. The Kier molecular flexibility index (Phi) is 13.6. The number of hydrogen-bond donors (Lipinski definition) is 3. The number of carbonyl (C=O) groups excluding carboxylic acids is 5. The van der Waals surface area contributed by atoms with Crippen molar-refractivity contribution in [2.45, 2.75) is 190 Å². The molecule has 4 aliphatic carbocycles. The highest BCUT2D eigenvalue weighted by Gasteiger charge is 2.63. The number of rotatable bonds is 9. The van der Waals surface area contributed by atoms with E-state index in [1.807, 2.05) is 52.0 Å². The van der Waals surface area contributed by atoms with Crippen LogP contribution in [0.5, 0.6) is 11.6 Å². The summed E-state index contributed by atoms with van der Waals surface area (Å²) >= 11 is 0. The highest BCUT2D eigenvalue weighted by atomic mass is 32.2. The Balaban J connectivity index is 1.05. The standard InChI is InChI=1S/C52H72N6O11S/c1-7-33-30-52(33,46(61)56-70(64,65)51(6)24-25-51)55-43(59)39-29-35-31-58(39)45(60)42(50(5)22-14-9-15-23-50)54-47(62)68-40-28-32(40)16-10-8-11-18-37-41(36-17-12-13-19-38(36)53-44(37)67-35)66-34-20-26-57(27-21-34)48(63)69-49(2,3)4/h7,12-13,17,19,32-35,39-40,42H,1,8-11,14-16,18,20-31H2,2-6H3,(H,54,62)(H,55,59)(H,56,61)/t32-,33-,35-,39+,40-,42-,52-/m1/s1. The molecule has 2 bridgehead atoms. The van der Waals surface area contributed by atoms with Gasteiger partial charge in [0.1, 0.15) is 47.3 Å².